The third kappa shape index (κ3) is 5.65. The highest BCUT2D eigenvalue weighted by molar-refractivity contribution is 8.00. The summed E-state index contributed by atoms with van der Waals surface area (Å²) in [5.41, 5.74) is 2.57. The number of amides is 1. The Morgan fingerprint density at radius 1 is 1.22 bits per heavy atom. The van der Waals surface area contributed by atoms with Crippen LogP contribution in [0.3, 0.4) is 0 Å². The number of hydrogen-bond donors (Lipinski definition) is 1. The molecule has 140 valence electrons. The van der Waals surface area contributed by atoms with Crippen molar-refractivity contribution in [1.29, 1.82) is 0 Å². The van der Waals surface area contributed by atoms with Gasteiger partial charge in [0.1, 0.15) is 0 Å². The Hall–Kier alpha value is -1.68. The van der Waals surface area contributed by atoms with Crippen molar-refractivity contribution in [1.82, 2.24) is 20.2 Å². The first kappa shape index (κ1) is 20.1. The van der Waals surface area contributed by atoms with Gasteiger partial charge in [-0.25, -0.2) is 9.97 Å². The van der Waals surface area contributed by atoms with E-state index in [1.165, 1.54) is 40.4 Å². The molecule has 6 nitrogen and oxygen atoms in total. The lowest BCUT2D eigenvalue weighted by molar-refractivity contribution is 0.102. The van der Waals surface area contributed by atoms with Crippen molar-refractivity contribution in [2.45, 2.75) is 29.1 Å². The smallest absolute Gasteiger partial charge is 0.277 e. The molecule has 1 amide bonds. The molecule has 0 radical (unpaired) electrons. The van der Waals surface area contributed by atoms with E-state index in [4.69, 9.17) is 11.6 Å². The van der Waals surface area contributed by atoms with Crippen LogP contribution in [0.4, 0.5) is 5.13 Å². The van der Waals surface area contributed by atoms with Crippen molar-refractivity contribution in [3.8, 4) is 0 Å². The number of halogens is 1. The third-order valence-electron chi connectivity index (χ3n) is 3.32. The zero-order valence-electron chi connectivity index (χ0n) is 14.6. The fourth-order valence-electron chi connectivity index (χ4n) is 2.01. The first-order chi connectivity index (χ1) is 13.0. The lowest BCUT2D eigenvalue weighted by Crippen LogP contribution is -2.15. The average Bonchev–Trinajstić information content (AvgIpc) is 3.10. The van der Waals surface area contributed by atoms with Crippen LogP contribution in [0.2, 0.25) is 5.02 Å². The predicted octanol–water partition coefficient (Wildman–Crippen LogP) is 4.95. The molecule has 0 saturated carbocycles. The maximum Gasteiger partial charge on any atom is 0.277 e. The Morgan fingerprint density at radius 2 is 2.00 bits per heavy atom. The van der Waals surface area contributed by atoms with Gasteiger partial charge in [0.15, 0.2) is 15.2 Å². The SMILES string of the molecule is CCSc1ncc(Cl)c(C(=O)Nc2nnc(SCc3ccc(C)cc3)s2)n1. The van der Waals surface area contributed by atoms with Crippen molar-refractivity contribution >= 4 is 57.5 Å². The molecule has 1 aromatic carbocycles. The van der Waals surface area contributed by atoms with Crippen molar-refractivity contribution in [3.63, 3.8) is 0 Å². The molecule has 0 aliphatic heterocycles. The molecular formula is C17H16ClN5OS3. The number of carbonyl (C=O) groups is 1. The van der Waals surface area contributed by atoms with E-state index < -0.39 is 5.91 Å². The lowest BCUT2D eigenvalue weighted by Gasteiger charge is -2.04. The predicted molar refractivity (Wildman–Crippen MR) is 112 cm³/mol. The fraction of sp³-hybridized carbons (Fsp3) is 0.235. The third-order valence-corrected chi connectivity index (χ3v) is 6.38. The molecule has 0 spiro atoms. The number of benzene rings is 1. The van der Waals surface area contributed by atoms with Crippen LogP contribution < -0.4 is 5.32 Å². The molecule has 0 saturated heterocycles. The van der Waals surface area contributed by atoms with E-state index >= 15 is 0 Å². The summed E-state index contributed by atoms with van der Waals surface area (Å²) in [7, 11) is 0. The maximum absolute atomic E-state index is 12.4. The van der Waals surface area contributed by atoms with E-state index in [0.717, 1.165) is 15.8 Å². The maximum atomic E-state index is 12.4. The van der Waals surface area contributed by atoms with Gasteiger partial charge in [0.25, 0.3) is 5.91 Å². The Balaban J connectivity index is 1.62. The number of hydrogen-bond acceptors (Lipinski definition) is 8. The summed E-state index contributed by atoms with van der Waals surface area (Å²) >= 11 is 10.4. The van der Waals surface area contributed by atoms with Gasteiger partial charge in [0.05, 0.1) is 11.2 Å². The lowest BCUT2D eigenvalue weighted by atomic mass is 10.2. The standard InChI is InChI=1S/C17H16ClN5OS3/c1-3-25-15-19-8-12(18)13(20-15)14(24)21-16-22-23-17(27-16)26-9-11-6-4-10(2)5-7-11/h4-8H,3,9H2,1-2H3,(H,21,22,24). The highest BCUT2D eigenvalue weighted by Gasteiger charge is 2.16. The zero-order valence-corrected chi connectivity index (χ0v) is 17.8. The molecule has 0 atom stereocenters. The van der Waals surface area contributed by atoms with Crippen LogP contribution >= 0.6 is 46.5 Å². The Kier molecular flexibility index (Phi) is 7.06. The van der Waals surface area contributed by atoms with E-state index in [1.807, 2.05) is 6.92 Å². The molecule has 27 heavy (non-hydrogen) atoms. The molecule has 0 unspecified atom stereocenters. The highest BCUT2D eigenvalue weighted by Crippen LogP contribution is 2.29. The monoisotopic (exact) mass is 437 g/mol. The van der Waals surface area contributed by atoms with Crippen molar-refractivity contribution in [2.24, 2.45) is 0 Å². The number of nitrogens with zero attached hydrogens (tertiary/aromatic N) is 4. The first-order valence-corrected chi connectivity index (χ1v) is 11.2. The van der Waals surface area contributed by atoms with Gasteiger partial charge in [-0.3, -0.25) is 10.1 Å². The summed E-state index contributed by atoms with van der Waals surface area (Å²) in [6, 6.07) is 8.35. The molecule has 2 aromatic heterocycles. The van der Waals surface area contributed by atoms with Gasteiger partial charge in [-0.1, -0.05) is 83.2 Å². The number of rotatable bonds is 7. The summed E-state index contributed by atoms with van der Waals surface area (Å²) in [4.78, 5) is 20.7. The molecule has 0 aliphatic rings. The highest BCUT2D eigenvalue weighted by atomic mass is 35.5. The van der Waals surface area contributed by atoms with Gasteiger partial charge in [0.2, 0.25) is 5.13 Å². The molecule has 0 fully saturated rings. The molecule has 0 bridgehead atoms. The number of nitrogens with one attached hydrogen (secondary N) is 1. The van der Waals surface area contributed by atoms with E-state index in [9.17, 15) is 4.79 Å². The Morgan fingerprint density at radius 3 is 2.74 bits per heavy atom. The Bertz CT molecular complexity index is 933. The number of aromatic nitrogens is 4. The summed E-state index contributed by atoms with van der Waals surface area (Å²) < 4.78 is 0.780. The topological polar surface area (TPSA) is 80.7 Å². The Labute approximate surface area is 174 Å². The van der Waals surface area contributed by atoms with Crippen LogP contribution in [-0.2, 0) is 5.75 Å². The summed E-state index contributed by atoms with van der Waals surface area (Å²) in [5, 5.41) is 12.0. The van der Waals surface area contributed by atoms with Gasteiger partial charge < -0.3 is 0 Å². The minimum absolute atomic E-state index is 0.131. The second-order valence-electron chi connectivity index (χ2n) is 5.38. The number of anilines is 1. The second-order valence-corrected chi connectivity index (χ2v) is 9.22. The molecule has 2 heterocycles. The van der Waals surface area contributed by atoms with Crippen molar-refractivity contribution in [3.05, 3.63) is 52.3 Å². The van der Waals surface area contributed by atoms with Crippen LogP contribution in [-0.4, -0.2) is 31.8 Å². The first-order valence-electron chi connectivity index (χ1n) is 8.03. The van der Waals surface area contributed by atoms with Crippen LogP contribution in [0.1, 0.15) is 28.5 Å². The van der Waals surface area contributed by atoms with Gasteiger partial charge in [-0.2, -0.15) is 0 Å². The van der Waals surface area contributed by atoms with Crippen LogP contribution in [0.25, 0.3) is 0 Å². The van der Waals surface area contributed by atoms with Crippen LogP contribution in [0, 0.1) is 6.92 Å². The van der Waals surface area contributed by atoms with Gasteiger partial charge in [0, 0.05) is 5.75 Å². The van der Waals surface area contributed by atoms with E-state index in [-0.39, 0.29) is 10.7 Å². The molecule has 3 rings (SSSR count). The van der Waals surface area contributed by atoms with Crippen LogP contribution in [0.15, 0.2) is 40.0 Å². The van der Waals surface area contributed by atoms with Gasteiger partial charge in [-0.15, -0.1) is 10.2 Å². The average molecular weight is 438 g/mol. The van der Waals surface area contributed by atoms with E-state index in [1.54, 1.807) is 11.8 Å². The summed E-state index contributed by atoms with van der Waals surface area (Å²) in [6.07, 6.45) is 1.43. The zero-order chi connectivity index (χ0) is 19.2. The number of carbonyl (C=O) groups excluding carboxylic acids is 1. The van der Waals surface area contributed by atoms with Gasteiger partial charge >= 0.3 is 0 Å². The number of thioether (sulfide) groups is 2. The minimum Gasteiger partial charge on any atom is -0.295 e. The number of aryl methyl sites for hydroxylation is 1. The van der Waals surface area contributed by atoms with Crippen LogP contribution in [0.5, 0.6) is 0 Å². The fourth-order valence-corrected chi connectivity index (χ4v) is 4.43. The molecule has 1 N–H and O–H groups in total. The second kappa shape index (κ2) is 9.50. The normalized spacial score (nSPS) is 10.8. The van der Waals surface area contributed by atoms with Crippen molar-refractivity contribution in [2.75, 3.05) is 11.1 Å². The largest absolute Gasteiger partial charge is 0.295 e. The molecular weight excluding hydrogens is 422 g/mol. The van der Waals surface area contributed by atoms with E-state index in [2.05, 4.69) is 56.7 Å². The van der Waals surface area contributed by atoms with Crippen molar-refractivity contribution < 1.29 is 4.79 Å². The molecule has 10 heteroatoms. The molecule has 0 aliphatic carbocycles. The van der Waals surface area contributed by atoms with Gasteiger partial charge in [-0.05, 0) is 18.2 Å². The van der Waals surface area contributed by atoms with E-state index in [0.29, 0.717) is 10.3 Å². The summed E-state index contributed by atoms with van der Waals surface area (Å²) in [5.74, 6) is 1.17. The minimum atomic E-state index is -0.424. The molecule has 3 aromatic rings. The quantitative estimate of drug-likeness (QED) is 0.318. The summed E-state index contributed by atoms with van der Waals surface area (Å²) in [6.45, 7) is 4.05.